The zero-order valence-electron chi connectivity index (χ0n) is 12.3. The van der Waals surface area contributed by atoms with E-state index >= 15 is 0 Å². The molecule has 0 saturated heterocycles. The first-order chi connectivity index (χ1) is 10.3. The molecule has 3 heterocycles. The van der Waals surface area contributed by atoms with E-state index in [1.54, 1.807) is 0 Å². The molecule has 0 saturated carbocycles. The van der Waals surface area contributed by atoms with Gasteiger partial charge in [-0.3, -0.25) is 4.98 Å². The highest BCUT2D eigenvalue weighted by Crippen LogP contribution is 2.30. The number of aromatic nitrogens is 3. The Morgan fingerprint density at radius 2 is 1.95 bits per heavy atom. The number of rotatable bonds is 2. The Bertz CT molecular complexity index is 966. The molecular formula is C18H17N3. The third kappa shape index (κ3) is 1.81. The molecule has 3 nitrogen and oxygen atoms in total. The molecule has 21 heavy (non-hydrogen) atoms. The number of nitrogens with zero attached hydrogens (tertiary/aromatic N) is 3. The van der Waals surface area contributed by atoms with E-state index in [0.717, 1.165) is 29.6 Å². The Hall–Kier alpha value is -2.42. The summed E-state index contributed by atoms with van der Waals surface area (Å²) in [7, 11) is 0. The maximum atomic E-state index is 4.86. The van der Waals surface area contributed by atoms with Crippen molar-refractivity contribution in [2.45, 2.75) is 26.8 Å². The average molecular weight is 275 g/mol. The van der Waals surface area contributed by atoms with E-state index < -0.39 is 0 Å². The van der Waals surface area contributed by atoms with Gasteiger partial charge in [0.05, 0.1) is 16.6 Å². The molecule has 0 aliphatic rings. The van der Waals surface area contributed by atoms with E-state index in [1.165, 1.54) is 21.9 Å². The zero-order chi connectivity index (χ0) is 14.4. The molecule has 0 bridgehead atoms. The topological polar surface area (TPSA) is 30.7 Å². The first kappa shape index (κ1) is 12.3. The Balaban J connectivity index is 2.22. The van der Waals surface area contributed by atoms with Crippen molar-refractivity contribution in [3.63, 3.8) is 0 Å². The first-order valence-electron chi connectivity index (χ1n) is 7.42. The summed E-state index contributed by atoms with van der Waals surface area (Å²) in [6, 6.07) is 12.8. The van der Waals surface area contributed by atoms with Crippen LogP contribution in [0.2, 0.25) is 0 Å². The molecule has 0 aliphatic heterocycles. The molecule has 0 spiro atoms. The first-order valence-corrected chi connectivity index (χ1v) is 7.42. The smallest absolute Gasteiger partial charge is 0.141 e. The van der Waals surface area contributed by atoms with Crippen LogP contribution >= 0.6 is 0 Å². The fourth-order valence-electron chi connectivity index (χ4n) is 3.06. The second kappa shape index (κ2) is 4.55. The van der Waals surface area contributed by atoms with Gasteiger partial charge in [-0.25, -0.2) is 4.98 Å². The van der Waals surface area contributed by atoms with E-state index in [9.17, 15) is 0 Å². The molecule has 104 valence electrons. The van der Waals surface area contributed by atoms with Crippen LogP contribution in [0.4, 0.5) is 0 Å². The monoisotopic (exact) mass is 275 g/mol. The quantitative estimate of drug-likeness (QED) is 0.541. The summed E-state index contributed by atoms with van der Waals surface area (Å²) in [5.74, 6) is 0. The Labute approximate surface area is 123 Å². The summed E-state index contributed by atoms with van der Waals surface area (Å²) in [6.45, 7) is 5.32. The molecule has 0 N–H and O–H groups in total. The predicted octanol–water partition coefficient (Wildman–Crippen LogP) is 4.46. The van der Waals surface area contributed by atoms with Gasteiger partial charge in [0.2, 0.25) is 0 Å². The fourth-order valence-corrected chi connectivity index (χ4v) is 3.06. The van der Waals surface area contributed by atoms with Crippen LogP contribution in [0.1, 0.15) is 18.9 Å². The Kier molecular flexibility index (Phi) is 2.67. The molecule has 0 amide bonds. The summed E-state index contributed by atoms with van der Waals surface area (Å²) in [5.41, 5.74) is 5.53. The lowest BCUT2D eigenvalue weighted by Crippen LogP contribution is -1.97. The number of aryl methyl sites for hydroxylation is 2. The summed E-state index contributed by atoms with van der Waals surface area (Å²) in [6.07, 6.45) is 2.92. The summed E-state index contributed by atoms with van der Waals surface area (Å²) in [4.78, 5) is 9.31. The van der Waals surface area contributed by atoms with Crippen molar-refractivity contribution in [2.24, 2.45) is 0 Å². The van der Waals surface area contributed by atoms with E-state index in [2.05, 4.69) is 47.7 Å². The highest BCUT2D eigenvalue weighted by atomic mass is 15.0. The molecule has 0 aliphatic carbocycles. The minimum absolute atomic E-state index is 0.960. The van der Waals surface area contributed by atoms with Crippen LogP contribution in [0.25, 0.3) is 33.0 Å². The number of hydrogen-bond acceptors (Lipinski definition) is 2. The highest BCUT2D eigenvalue weighted by molar-refractivity contribution is 6.09. The van der Waals surface area contributed by atoms with Crippen molar-refractivity contribution in [2.75, 3.05) is 0 Å². The van der Waals surface area contributed by atoms with E-state index in [0.29, 0.717) is 0 Å². The van der Waals surface area contributed by atoms with Crippen LogP contribution in [-0.4, -0.2) is 14.5 Å². The van der Waals surface area contributed by atoms with Gasteiger partial charge in [-0.15, -0.1) is 0 Å². The van der Waals surface area contributed by atoms with Crippen molar-refractivity contribution in [1.29, 1.82) is 0 Å². The number of benzene rings is 1. The Morgan fingerprint density at radius 3 is 2.81 bits per heavy atom. The van der Waals surface area contributed by atoms with Crippen LogP contribution in [0.15, 0.2) is 42.6 Å². The Morgan fingerprint density at radius 1 is 1.05 bits per heavy atom. The SMILES string of the molecule is CCCn1c2ccc(C)cc2c2cc3ncccc3nc21. The van der Waals surface area contributed by atoms with Crippen LogP contribution in [-0.2, 0) is 6.54 Å². The molecule has 4 rings (SSSR count). The lowest BCUT2D eigenvalue weighted by Gasteiger charge is -2.05. The summed E-state index contributed by atoms with van der Waals surface area (Å²) < 4.78 is 2.33. The van der Waals surface area contributed by atoms with Gasteiger partial charge < -0.3 is 4.57 Å². The van der Waals surface area contributed by atoms with Gasteiger partial charge >= 0.3 is 0 Å². The van der Waals surface area contributed by atoms with Gasteiger partial charge in [-0.1, -0.05) is 18.6 Å². The minimum atomic E-state index is 0.960. The molecule has 0 unspecified atom stereocenters. The second-order valence-corrected chi connectivity index (χ2v) is 5.57. The van der Waals surface area contributed by atoms with Gasteiger partial charge in [0.1, 0.15) is 5.65 Å². The summed E-state index contributed by atoms with van der Waals surface area (Å²) >= 11 is 0. The molecule has 4 aromatic rings. The molecule has 0 atom stereocenters. The van der Waals surface area contributed by atoms with Crippen LogP contribution < -0.4 is 0 Å². The third-order valence-corrected chi connectivity index (χ3v) is 4.00. The van der Waals surface area contributed by atoms with Crippen LogP contribution in [0.3, 0.4) is 0 Å². The van der Waals surface area contributed by atoms with Crippen molar-refractivity contribution in [3.8, 4) is 0 Å². The fraction of sp³-hybridized carbons (Fsp3) is 0.222. The van der Waals surface area contributed by atoms with Gasteiger partial charge in [-0.2, -0.15) is 0 Å². The maximum Gasteiger partial charge on any atom is 0.141 e. The van der Waals surface area contributed by atoms with Gasteiger partial charge in [0.15, 0.2) is 0 Å². The second-order valence-electron chi connectivity index (χ2n) is 5.57. The zero-order valence-corrected chi connectivity index (χ0v) is 12.3. The van der Waals surface area contributed by atoms with Crippen molar-refractivity contribution >= 4 is 33.0 Å². The predicted molar refractivity (Wildman–Crippen MR) is 87.6 cm³/mol. The molecule has 3 heteroatoms. The molecule has 3 aromatic heterocycles. The van der Waals surface area contributed by atoms with Gasteiger partial charge in [0, 0.05) is 23.5 Å². The number of hydrogen-bond donors (Lipinski definition) is 0. The molecular weight excluding hydrogens is 258 g/mol. The third-order valence-electron chi connectivity index (χ3n) is 4.00. The summed E-state index contributed by atoms with van der Waals surface area (Å²) in [5, 5.41) is 2.48. The van der Waals surface area contributed by atoms with Gasteiger partial charge in [0.25, 0.3) is 0 Å². The maximum absolute atomic E-state index is 4.86. The average Bonchev–Trinajstić information content (AvgIpc) is 2.79. The number of pyridine rings is 2. The van der Waals surface area contributed by atoms with Gasteiger partial charge in [-0.05, 0) is 43.7 Å². The minimum Gasteiger partial charge on any atom is -0.325 e. The molecule has 0 fully saturated rings. The van der Waals surface area contributed by atoms with Crippen LogP contribution in [0, 0.1) is 6.92 Å². The van der Waals surface area contributed by atoms with Crippen molar-refractivity contribution in [3.05, 3.63) is 48.2 Å². The normalized spacial score (nSPS) is 11.7. The van der Waals surface area contributed by atoms with Crippen LogP contribution in [0.5, 0.6) is 0 Å². The van der Waals surface area contributed by atoms with Crippen molar-refractivity contribution < 1.29 is 0 Å². The lowest BCUT2D eigenvalue weighted by molar-refractivity contribution is 0.718. The van der Waals surface area contributed by atoms with E-state index in [4.69, 9.17) is 4.98 Å². The largest absolute Gasteiger partial charge is 0.325 e. The lowest BCUT2D eigenvalue weighted by atomic mass is 10.1. The van der Waals surface area contributed by atoms with E-state index in [1.807, 2.05) is 18.3 Å². The molecule has 1 aromatic carbocycles. The number of fused-ring (bicyclic) bond motifs is 4. The highest BCUT2D eigenvalue weighted by Gasteiger charge is 2.12. The molecule has 0 radical (unpaired) electrons. The standard InChI is InChI=1S/C18H17N3/c1-3-9-21-17-7-6-12(2)10-13(17)14-11-16-15(20-18(14)21)5-4-8-19-16/h4-8,10-11H,3,9H2,1-2H3. The van der Waals surface area contributed by atoms with E-state index in [-0.39, 0.29) is 0 Å². The van der Waals surface area contributed by atoms with Crippen molar-refractivity contribution in [1.82, 2.24) is 14.5 Å².